The van der Waals surface area contributed by atoms with Gasteiger partial charge >= 0.3 is 5.97 Å². The van der Waals surface area contributed by atoms with Crippen molar-refractivity contribution < 1.29 is 14.3 Å². The van der Waals surface area contributed by atoms with Gasteiger partial charge in [-0.25, -0.2) is 4.79 Å². The van der Waals surface area contributed by atoms with Crippen LogP contribution in [0.15, 0.2) is 48.5 Å². The van der Waals surface area contributed by atoms with Gasteiger partial charge in [-0.05, 0) is 32.0 Å². The van der Waals surface area contributed by atoms with Crippen molar-refractivity contribution >= 4 is 28.5 Å². The maximum absolute atomic E-state index is 12.6. The van der Waals surface area contributed by atoms with Gasteiger partial charge in [0.2, 0.25) is 0 Å². The molecule has 1 unspecified atom stereocenters. The summed E-state index contributed by atoms with van der Waals surface area (Å²) in [4.78, 5) is 28.0. The van der Waals surface area contributed by atoms with Crippen LogP contribution in [0.25, 0.3) is 10.9 Å². The molecule has 0 radical (unpaired) electrons. The van der Waals surface area contributed by atoms with E-state index in [2.05, 4.69) is 10.3 Å². The topological polar surface area (TPSA) is 95.0 Å². The molecule has 2 aromatic carbocycles. The van der Waals surface area contributed by atoms with Crippen LogP contribution >= 0.6 is 0 Å². The number of anilines is 1. The van der Waals surface area contributed by atoms with Crippen molar-refractivity contribution in [3.8, 4) is 6.07 Å². The molecular formula is C20H17N3O3. The van der Waals surface area contributed by atoms with Crippen LogP contribution in [-0.4, -0.2) is 23.0 Å². The zero-order chi connectivity index (χ0) is 18.7. The Morgan fingerprint density at radius 1 is 1.15 bits per heavy atom. The number of carbonyl (C=O) groups is 2. The fourth-order valence-corrected chi connectivity index (χ4v) is 2.74. The monoisotopic (exact) mass is 347 g/mol. The van der Waals surface area contributed by atoms with Crippen molar-refractivity contribution in [3.63, 3.8) is 0 Å². The standard InChI is InChI=1S/C20H17N3O3/c1-12-18(15-8-4-6-10-17(15)22-12)20(25)26-13(2)19(24)23-16-9-5-3-7-14(16)11-21/h3-10,13,22H,1-2H3,(H,23,24). The Morgan fingerprint density at radius 2 is 1.85 bits per heavy atom. The predicted molar refractivity (Wildman–Crippen MR) is 97.7 cm³/mol. The Balaban J connectivity index is 1.75. The molecule has 0 fully saturated rings. The molecule has 0 aliphatic carbocycles. The van der Waals surface area contributed by atoms with E-state index in [0.717, 1.165) is 10.9 Å². The minimum atomic E-state index is -1.01. The van der Waals surface area contributed by atoms with E-state index >= 15 is 0 Å². The first-order valence-electron chi connectivity index (χ1n) is 8.09. The number of fused-ring (bicyclic) bond motifs is 1. The van der Waals surface area contributed by atoms with E-state index in [9.17, 15) is 9.59 Å². The van der Waals surface area contributed by atoms with Gasteiger partial charge in [0, 0.05) is 16.6 Å². The van der Waals surface area contributed by atoms with Crippen molar-refractivity contribution in [3.05, 3.63) is 65.4 Å². The molecule has 0 aliphatic rings. The van der Waals surface area contributed by atoms with Crippen LogP contribution < -0.4 is 5.32 Å². The van der Waals surface area contributed by atoms with Gasteiger partial charge in [0.05, 0.1) is 16.8 Å². The number of para-hydroxylation sites is 2. The summed E-state index contributed by atoms with van der Waals surface area (Å²) in [5.74, 6) is -1.07. The molecule has 3 rings (SSSR count). The molecule has 6 heteroatoms. The number of hydrogen-bond acceptors (Lipinski definition) is 4. The van der Waals surface area contributed by atoms with Gasteiger partial charge in [-0.15, -0.1) is 0 Å². The lowest BCUT2D eigenvalue weighted by atomic mass is 10.1. The number of aromatic nitrogens is 1. The highest BCUT2D eigenvalue weighted by atomic mass is 16.5. The minimum Gasteiger partial charge on any atom is -0.449 e. The van der Waals surface area contributed by atoms with E-state index in [0.29, 0.717) is 22.5 Å². The van der Waals surface area contributed by atoms with Crippen molar-refractivity contribution in [2.24, 2.45) is 0 Å². The Labute approximate surface area is 150 Å². The van der Waals surface area contributed by atoms with Crippen LogP contribution in [0.1, 0.15) is 28.5 Å². The van der Waals surface area contributed by atoms with Crippen molar-refractivity contribution in [2.75, 3.05) is 5.32 Å². The lowest BCUT2D eigenvalue weighted by Gasteiger charge is -2.14. The zero-order valence-electron chi connectivity index (χ0n) is 14.4. The predicted octanol–water partition coefficient (Wildman–Crippen LogP) is 3.53. The Hall–Kier alpha value is -3.59. The number of aromatic amines is 1. The van der Waals surface area contributed by atoms with Crippen LogP contribution in [0.2, 0.25) is 0 Å². The summed E-state index contributed by atoms with van der Waals surface area (Å²) in [7, 11) is 0. The van der Waals surface area contributed by atoms with Gasteiger partial charge < -0.3 is 15.0 Å². The van der Waals surface area contributed by atoms with Crippen molar-refractivity contribution in [1.29, 1.82) is 5.26 Å². The molecule has 2 N–H and O–H groups in total. The Morgan fingerprint density at radius 3 is 2.62 bits per heavy atom. The molecule has 130 valence electrons. The third-order valence-corrected chi connectivity index (χ3v) is 4.06. The lowest BCUT2D eigenvalue weighted by Crippen LogP contribution is -2.30. The summed E-state index contributed by atoms with van der Waals surface area (Å²) in [5.41, 5.74) is 2.64. The highest BCUT2D eigenvalue weighted by molar-refractivity contribution is 6.06. The molecule has 1 amide bonds. The summed E-state index contributed by atoms with van der Waals surface area (Å²) in [6.45, 7) is 3.27. The van der Waals surface area contributed by atoms with Gasteiger partial charge in [-0.3, -0.25) is 4.79 Å². The molecule has 1 atom stereocenters. The fourth-order valence-electron chi connectivity index (χ4n) is 2.74. The molecule has 26 heavy (non-hydrogen) atoms. The molecule has 0 aliphatic heterocycles. The third kappa shape index (κ3) is 3.28. The van der Waals surface area contributed by atoms with Gasteiger partial charge in [0.25, 0.3) is 5.91 Å². The summed E-state index contributed by atoms with van der Waals surface area (Å²) in [6.07, 6.45) is -1.01. The number of amides is 1. The smallest absolute Gasteiger partial charge is 0.341 e. The van der Waals surface area contributed by atoms with Gasteiger partial charge in [0.15, 0.2) is 6.10 Å². The van der Waals surface area contributed by atoms with Crippen LogP contribution in [0, 0.1) is 18.3 Å². The second-order valence-corrected chi connectivity index (χ2v) is 5.86. The van der Waals surface area contributed by atoms with Crippen LogP contribution in [0.4, 0.5) is 5.69 Å². The number of nitriles is 1. The SMILES string of the molecule is Cc1[nH]c2ccccc2c1C(=O)OC(C)C(=O)Nc1ccccc1C#N. The first kappa shape index (κ1) is 17.2. The number of nitrogens with zero attached hydrogens (tertiary/aromatic N) is 1. The molecule has 1 aromatic heterocycles. The number of hydrogen-bond donors (Lipinski definition) is 2. The van der Waals surface area contributed by atoms with Crippen LogP contribution in [-0.2, 0) is 9.53 Å². The summed E-state index contributed by atoms with van der Waals surface area (Å²) >= 11 is 0. The first-order chi connectivity index (χ1) is 12.5. The molecule has 0 bridgehead atoms. The maximum atomic E-state index is 12.6. The second-order valence-electron chi connectivity index (χ2n) is 5.86. The molecule has 3 aromatic rings. The Bertz CT molecular complexity index is 1030. The number of benzene rings is 2. The van der Waals surface area contributed by atoms with Gasteiger partial charge in [-0.1, -0.05) is 30.3 Å². The van der Waals surface area contributed by atoms with E-state index in [1.54, 1.807) is 31.2 Å². The number of rotatable bonds is 4. The van der Waals surface area contributed by atoms with Crippen LogP contribution in [0.3, 0.4) is 0 Å². The van der Waals surface area contributed by atoms with Crippen molar-refractivity contribution in [1.82, 2.24) is 4.98 Å². The van der Waals surface area contributed by atoms with E-state index < -0.39 is 18.0 Å². The lowest BCUT2D eigenvalue weighted by molar-refractivity contribution is -0.123. The quantitative estimate of drug-likeness (QED) is 0.706. The average Bonchev–Trinajstić information content (AvgIpc) is 2.97. The highest BCUT2D eigenvalue weighted by Crippen LogP contribution is 2.23. The average molecular weight is 347 g/mol. The van der Waals surface area contributed by atoms with E-state index in [1.807, 2.05) is 30.3 Å². The van der Waals surface area contributed by atoms with E-state index in [1.165, 1.54) is 6.92 Å². The van der Waals surface area contributed by atoms with Gasteiger partial charge in [0.1, 0.15) is 6.07 Å². The number of ether oxygens (including phenoxy) is 1. The number of nitrogens with one attached hydrogen (secondary N) is 2. The third-order valence-electron chi connectivity index (χ3n) is 4.06. The number of aryl methyl sites for hydroxylation is 1. The summed E-state index contributed by atoms with van der Waals surface area (Å²) in [5, 5.41) is 12.4. The maximum Gasteiger partial charge on any atom is 0.341 e. The number of carbonyl (C=O) groups excluding carboxylic acids is 2. The molecule has 6 nitrogen and oxygen atoms in total. The molecule has 1 heterocycles. The van der Waals surface area contributed by atoms with E-state index in [-0.39, 0.29) is 0 Å². The van der Waals surface area contributed by atoms with Gasteiger partial charge in [-0.2, -0.15) is 5.26 Å². The molecule has 0 spiro atoms. The number of esters is 1. The zero-order valence-corrected chi connectivity index (χ0v) is 14.4. The highest BCUT2D eigenvalue weighted by Gasteiger charge is 2.23. The van der Waals surface area contributed by atoms with Crippen molar-refractivity contribution in [2.45, 2.75) is 20.0 Å². The Kier molecular flexibility index (Phi) is 4.72. The first-order valence-corrected chi connectivity index (χ1v) is 8.09. The summed E-state index contributed by atoms with van der Waals surface area (Å²) < 4.78 is 5.34. The summed E-state index contributed by atoms with van der Waals surface area (Å²) in [6, 6.07) is 16.0. The number of H-pyrrole nitrogens is 1. The van der Waals surface area contributed by atoms with Crippen LogP contribution in [0.5, 0.6) is 0 Å². The minimum absolute atomic E-state index is 0.340. The molecule has 0 saturated carbocycles. The molecular weight excluding hydrogens is 330 g/mol. The fraction of sp³-hybridized carbons (Fsp3) is 0.150. The second kappa shape index (κ2) is 7.11. The largest absolute Gasteiger partial charge is 0.449 e. The van der Waals surface area contributed by atoms with E-state index in [4.69, 9.17) is 10.00 Å². The molecule has 0 saturated heterocycles. The normalized spacial score (nSPS) is 11.6.